The first-order chi connectivity index (χ1) is 6.68. The predicted molar refractivity (Wildman–Crippen MR) is 54.0 cm³/mol. The van der Waals surface area contributed by atoms with Crippen molar-refractivity contribution in [3.8, 4) is 0 Å². The maximum Gasteiger partial charge on any atom is 0.221 e. The van der Waals surface area contributed by atoms with Gasteiger partial charge in [-0.15, -0.1) is 0 Å². The number of fused-ring (bicyclic) bond motifs is 1. The largest absolute Gasteiger partial charge is 0.369 e. The Morgan fingerprint density at radius 3 is 3.07 bits per heavy atom. The summed E-state index contributed by atoms with van der Waals surface area (Å²) >= 11 is 5.93. The van der Waals surface area contributed by atoms with E-state index in [1.807, 2.05) is 0 Å². The van der Waals surface area contributed by atoms with E-state index in [4.69, 9.17) is 17.3 Å². The summed E-state index contributed by atoms with van der Waals surface area (Å²) in [5.41, 5.74) is 6.70. The summed E-state index contributed by atoms with van der Waals surface area (Å²) in [7, 11) is 0. The third kappa shape index (κ3) is 1.44. The number of primary amides is 1. The molecule has 0 aliphatic heterocycles. The van der Waals surface area contributed by atoms with Crippen molar-refractivity contribution in [2.45, 2.75) is 6.42 Å². The van der Waals surface area contributed by atoms with Crippen LogP contribution in [0.2, 0.25) is 5.02 Å². The summed E-state index contributed by atoms with van der Waals surface area (Å²) in [5.74, 6) is -0.372. The van der Waals surface area contributed by atoms with Gasteiger partial charge in [0, 0.05) is 5.39 Å². The van der Waals surface area contributed by atoms with E-state index in [1.165, 1.54) is 0 Å². The lowest BCUT2D eigenvalue weighted by Gasteiger charge is -2.00. The second kappa shape index (κ2) is 3.31. The third-order valence-electron chi connectivity index (χ3n) is 2.01. The van der Waals surface area contributed by atoms with Gasteiger partial charge >= 0.3 is 0 Å². The summed E-state index contributed by atoms with van der Waals surface area (Å²) in [4.78, 5) is 10.8. The second-order valence-corrected chi connectivity index (χ2v) is 3.42. The maximum atomic E-state index is 10.8. The monoisotopic (exact) mass is 209 g/mol. The molecule has 1 aromatic heterocycles. The molecule has 0 radical (unpaired) electrons. The van der Waals surface area contributed by atoms with Crippen LogP contribution in [0, 0.1) is 0 Å². The smallest absolute Gasteiger partial charge is 0.221 e. The Bertz CT molecular complexity index is 492. The standard InChI is InChI=1S/C9H8ClN3O/c10-7-2-1-5(3-8(11)14)9-6(7)4-12-13-9/h1-2,4H,3H2,(H2,11,14)(H,12,13). The van der Waals surface area contributed by atoms with Crippen LogP contribution in [0.3, 0.4) is 0 Å². The quantitative estimate of drug-likeness (QED) is 0.781. The molecule has 3 N–H and O–H groups in total. The number of carbonyl (C=O) groups is 1. The molecule has 4 nitrogen and oxygen atoms in total. The zero-order chi connectivity index (χ0) is 10.1. The van der Waals surface area contributed by atoms with Crippen LogP contribution >= 0.6 is 11.6 Å². The first kappa shape index (κ1) is 9.02. The molecule has 0 saturated carbocycles. The van der Waals surface area contributed by atoms with Crippen molar-refractivity contribution in [2.24, 2.45) is 5.73 Å². The van der Waals surface area contributed by atoms with E-state index in [0.29, 0.717) is 5.02 Å². The van der Waals surface area contributed by atoms with Crippen molar-refractivity contribution in [1.82, 2.24) is 10.2 Å². The summed E-state index contributed by atoms with van der Waals surface area (Å²) < 4.78 is 0. The molecule has 1 heterocycles. The molecule has 0 aliphatic rings. The van der Waals surface area contributed by atoms with E-state index in [0.717, 1.165) is 16.5 Å². The van der Waals surface area contributed by atoms with E-state index >= 15 is 0 Å². The zero-order valence-corrected chi connectivity index (χ0v) is 8.01. The van der Waals surface area contributed by atoms with Gasteiger partial charge < -0.3 is 5.73 Å². The Morgan fingerprint density at radius 2 is 2.36 bits per heavy atom. The molecule has 0 saturated heterocycles. The van der Waals surface area contributed by atoms with Crippen molar-refractivity contribution >= 4 is 28.4 Å². The molecular weight excluding hydrogens is 202 g/mol. The molecule has 0 aliphatic carbocycles. The highest BCUT2D eigenvalue weighted by molar-refractivity contribution is 6.35. The minimum absolute atomic E-state index is 0.190. The van der Waals surface area contributed by atoms with Gasteiger partial charge in [-0.05, 0) is 11.6 Å². The summed E-state index contributed by atoms with van der Waals surface area (Å²) in [6.07, 6.45) is 1.82. The van der Waals surface area contributed by atoms with Gasteiger partial charge in [0.15, 0.2) is 0 Å². The molecule has 2 aromatic rings. The number of hydrogen-bond acceptors (Lipinski definition) is 2. The Kier molecular flexibility index (Phi) is 2.13. The molecule has 0 spiro atoms. The van der Waals surface area contributed by atoms with Crippen molar-refractivity contribution < 1.29 is 4.79 Å². The van der Waals surface area contributed by atoms with Gasteiger partial charge in [-0.25, -0.2) is 0 Å². The molecule has 0 fully saturated rings. The average molecular weight is 210 g/mol. The number of nitrogens with two attached hydrogens (primary N) is 1. The van der Waals surface area contributed by atoms with Crippen LogP contribution in [0.1, 0.15) is 5.56 Å². The number of amides is 1. The number of H-pyrrole nitrogens is 1. The van der Waals surface area contributed by atoms with Crippen LogP contribution in [0.15, 0.2) is 18.3 Å². The Labute approximate surface area is 85.0 Å². The highest BCUT2D eigenvalue weighted by Crippen LogP contribution is 2.24. The Morgan fingerprint density at radius 1 is 1.57 bits per heavy atom. The van der Waals surface area contributed by atoms with E-state index in [9.17, 15) is 4.79 Å². The van der Waals surface area contributed by atoms with Crippen molar-refractivity contribution in [3.05, 3.63) is 28.9 Å². The molecule has 2 rings (SSSR count). The molecule has 72 valence electrons. The van der Waals surface area contributed by atoms with Gasteiger partial charge in [-0.3, -0.25) is 9.89 Å². The minimum Gasteiger partial charge on any atom is -0.369 e. The predicted octanol–water partition coefficient (Wildman–Crippen LogP) is 1.24. The average Bonchev–Trinajstić information content (AvgIpc) is 2.58. The van der Waals surface area contributed by atoms with Crippen molar-refractivity contribution in [2.75, 3.05) is 0 Å². The Balaban J connectivity index is 2.60. The van der Waals surface area contributed by atoms with Crippen LogP contribution in [0.4, 0.5) is 0 Å². The van der Waals surface area contributed by atoms with E-state index in [-0.39, 0.29) is 12.3 Å². The summed E-state index contributed by atoms with van der Waals surface area (Å²) in [6, 6.07) is 3.51. The second-order valence-electron chi connectivity index (χ2n) is 3.01. The van der Waals surface area contributed by atoms with Gasteiger partial charge in [0.1, 0.15) is 0 Å². The normalized spacial score (nSPS) is 10.6. The fourth-order valence-electron chi connectivity index (χ4n) is 1.39. The molecule has 0 atom stereocenters. The van der Waals surface area contributed by atoms with Gasteiger partial charge in [-0.1, -0.05) is 17.7 Å². The van der Waals surface area contributed by atoms with Crippen molar-refractivity contribution in [3.63, 3.8) is 0 Å². The number of halogens is 1. The van der Waals surface area contributed by atoms with Crippen LogP contribution in [-0.4, -0.2) is 16.1 Å². The SMILES string of the molecule is NC(=O)Cc1ccc(Cl)c2cn[nH]c12. The fourth-order valence-corrected chi connectivity index (χ4v) is 1.60. The fraction of sp³-hybridized carbons (Fsp3) is 0.111. The molecular formula is C9H8ClN3O. The number of rotatable bonds is 2. The molecule has 5 heteroatoms. The summed E-state index contributed by atoms with van der Waals surface area (Å²) in [5, 5.41) is 8.08. The van der Waals surface area contributed by atoms with Crippen LogP contribution in [-0.2, 0) is 11.2 Å². The zero-order valence-electron chi connectivity index (χ0n) is 7.25. The van der Waals surface area contributed by atoms with Crippen LogP contribution in [0.25, 0.3) is 10.9 Å². The number of aromatic nitrogens is 2. The minimum atomic E-state index is -0.372. The van der Waals surface area contributed by atoms with E-state index in [2.05, 4.69) is 10.2 Å². The highest BCUT2D eigenvalue weighted by atomic mass is 35.5. The van der Waals surface area contributed by atoms with Crippen LogP contribution in [0.5, 0.6) is 0 Å². The number of benzene rings is 1. The first-order valence-corrected chi connectivity index (χ1v) is 4.45. The van der Waals surface area contributed by atoms with Crippen molar-refractivity contribution in [1.29, 1.82) is 0 Å². The molecule has 1 aromatic carbocycles. The number of aromatic amines is 1. The van der Waals surface area contributed by atoms with Gasteiger partial charge in [0.2, 0.25) is 5.91 Å². The first-order valence-electron chi connectivity index (χ1n) is 4.07. The maximum absolute atomic E-state index is 10.8. The van der Waals surface area contributed by atoms with Crippen LogP contribution < -0.4 is 5.73 Å². The lowest BCUT2D eigenvalue weighted by molar-refractivity contribution is -0.117. The van der Waals surface area contributed by atoms with E-state index in [1.54, 1.807) is 18.3 Å². The van der Waals surface area contributed by atoms with Gasteiger partial charge in [0.25, 0.3) is 0 Å². The van der Waals surface area contributed by atoms with E-state index < -0.39 is 0 Å². The Hall–Kier alpha value is -1.55. The molecule has 0 bridgehead atoms. The molecule has 1 amide bonds. The molecule has 0 unspecified atom stereocenters. The molecule has 14 heavy (non-hydrogen) atoms. The number of hydrogen-bond donors (Lipinski definition) is 2. The topological polar surface area (TPSA) is 71.8 Å². The third-order valence-corrected chi connectivity index (χ3v) is 2.34. The highest BCUT2D eigenvalue weighted by Gasteiger charge is 2.08. The lowest BCUT2D eigenvalue weighted by Crippen LogP contribution is -2.13. The number of nitrogens with one attached hydrogen (secondary N) is 1. The number of carbonyl (C=O) groups excluding carboxylic acids is 1. The lowest BCUT2D eigenvalue weighted by atomic mass is 10.1. The number of nitrogens with zero attached hydrogens (tertiary/aromatic N) is 1. The van der Waals surface area contributed by atoms with Gasteiger partial charge in [-0.2, -0.15) is 5.10 Å². The summed E-state index contributed by atoms with van der Waals surface area (Å²) in [6.45, 7) is 0. The van der Waals surface area contributed by atoms with Gasteiger partial charge in [0.05, 0.1) is 23.2 Å².